The lowest BCUT2D eigenvalue weighted by Crippen LogP contribution is -2.15. The van der Waals surface area contributed by atoms with Crippen LogP contribution in [0.15, 0.2) is 59.8 Å². The molecule has 0 aliphatic heterocycles. The number of carbonyl (C=O) groups excluding carboxylic acids is 2. The molecule has 0 saturated heterocycles. The molecule has 0 bridgehead atoms. The number of anilines is 1. The Hall–Kier alpha value is -4.06. The van der Waals surface area contributed by atoms with Gasteiger partial charge in [0.15, 0.2) is 11.0 Å². The summed E-state index contributed by atoms with van der Waals surface area (Å²) < 4.78 is 6.61. The number of nitrogens with zero attached hydrogens (tertiary/aromatic N) is 7. The fraction of sp³-hybridized carbons (Fsp3) is 0.227. The normalized spacial score (nSPS) is 10.8. The van der Waals surface area contributed by atoms with E-state index in [0.717, 1.165) is 5.56 Å². The van der Waals surface area contributed by atoms with Crippen molar-refractivity contribution in [2.45, 2.75) is 25.2 Å². The molecule has 2 aromatic carbocycles. The standard InChI is InChI=1S/C22H22N8O3S/c1-3-29-18(13-30-27-20(25-28-30)15-8-5-4-6-9-15)24-26-22(29)34-14-19(31)23-17-11-7-10-16(12-17)21(32)33-2/h4-12H,3,13-14H2,1-2H3,(H,23,31). The molecule has 11 nitrogen and oxygen atoms in total. The number of amides is 1. The summed E-state index contributed by atoms with van der Waals surface area (Å²) in [6.45, 7) is 2.89. The average molecular weight is 479 g/mol. The minimum Gasteiger partial charge on any atom is -0.465 e. The second-order valence-electron chi connectivity index (χ2n) is 7.06. The summed E-state index contributed by atoms with van der Waals surface area (Å²) >= 11 is 1.27. The van der Waals surface area contributed by atoms with Crippen LogP contribution in [0.1, 0.15) is 23.1 Å². The molecule has 0 spiro atoms. The van der Waals surface area contributed by atoms with Crippen LogP contribution in [0.25, 0.3) is 11.4 Å². The van der Waals surface area contributed by atoms with Gasteiger partial charge in [0, 0.05) is 17.8 Å². The Balaban J connectivity index is 1.38. The zero-order valence-electron chi connectivity index (χ0n) is 18.6. The van der Waals surface area contributed by atoms with E-state index >= 15 is 0 Å². The molecule has 174 valence electrons. The Morgan fingerprint density at radius 2 is 1.88 bits per heavy atom. The van der Waals surface area contributed by atoms with Crippen LogP contribution in [0.2, 0.25) is 0 Å². The van der Waals surface area contributed by atoms with E-state index in [-0.39, 0.29) is 11.7 Å². The molecule has 1 N–H and O–H groups in total. The van der Waals surface area contributed by atoms with E-state index in [4.69, 9.17) is 4.74 Å². The summed E-state index contributed by atoms with van der Waals surface area (Å²) in [5, 5.41) is 24.5. The molecule has 1 amide bonds. The van der Waals surface area contributed by atoms with Crippen molar-refractivity contribution in [3.63, 3.8) is 0 Å². The first-order chi connectivity index (χ1) is 16.6. The van der Waals surface area contributed by atoms with Crippen molar-refractivity contribution in [1.82, 2.24) is 35.0 Å². The Bertz CT molecular complexity index is 1290. The van der Waals surface area contributed by atoms with Gasteiger partial charge in [0.05, 0.1) is 18.4 Å². The van der Waals surface area contributed by atoms with Crippen LogP contribution in [0.4, 0.5) is 5.69 Å². The maximum absolute atomic E-state index is 12.4. The van der Waals surface area contributed by atoms with E-state index in [9.17, 15) is 9.59 Å². The molecule has 12 heteroatoms. The first kappa shape index (κ1) is 23.1. The lowest BCUT2D eigenvalue weighted by Gasteiger charge is -2.08. The molecule has 0 aliphatic rings. The van der Waals surface area contributed by atoms with Crippen LogP contribution in [0.5, 0.6) is 0 Å². The number of rotatable bonds is 9. The van der Waals surface area contributed by atoms with Crippen molar-refractivity contribution >= 4 is 29.3 Å². The van der Waals surface area contributed by atoms with Crippen molar-refractivity contribution in [2.24, 2.45) is 0 Å². The number of nitrogens with one attached hydrogen (secondary N) is 1. The number of aromatic nitrogens is 7. The largest absolute Gasteiger partial charge is 0.465 e. The molecule has 0 radical (unpaired) electrons. The number of esters is 1. The fourth-order valence-electron chi connectivity index (χ4n) is 3.17. The van der Waals surface area contributed by atoms with Gasteiger partial charge < -0.3 is 14.6 Å². The van der Waals surface area contributed by atoms with Gasteiger partial charge in [-0.1, -0.05) is 48.2 Å². The second kappa shape index (κ2) is 10.7. The summed E-state index contributed by atoms with van der Waals surface area (Å²) in [6, 6.07) is 16.2. The Morgan fingerprint density at radius 3 is 2.65 bits per heavy atom. The zero-order valence-corrected chi connectivity index (χ0v) is 19.4. The first-order valence-corrected chi connectivity index (χ1v) is 11.4. The average Bonchev–Trinajstić information content (AvgIpc) is 3.50. The monoisotopic (exact) mass is 478 g/mol. The smallest absolute Gasteiger partial charge is 0.337 e. The number of tetrazole rings is 1. The molecular formula is C22H22N8O3S. The fourth-order valence-corrected chi connectivity index (χ4v) is 3.99. The predicted octanol–water partition coefficient (Wildman–Crippen LogP) is 2.52. The minimum absolute atomic E-state index is 0.125. The number of ether oxygens (including phenoxy) is 1. The highest BCUT2D eigenvalue weighted by Crippen LogP contribution is 2.19. The topological polar surface area (TPSA) is 130 Å². The maximum atomic E-state index is 12.4. The SMILES string of the molecule is CCn1c(Cn2nnc(-c3ccccc3)n2)nnc1SCC(=O)Nc1cccc(C(=O)OC)c1. The third-order valence-corrected chi connectivity index (χ3v) is 5.74. The number of methoxy groups -OCH3 is 1. The Kier molecular flexibility index (Phi) is 7.28. The lowest BCUT2D eigenvalue weighted by molar-refractivity contribution is -0.113. The van der Waals surface area contributed by atoms with Gasteiger partial charge >= 0.3 is 5.97 Å². The lowest BCUT2D eigenvalue weighted by atomic mass is 10.2. The third-order valence-electron chi connectivity index (χ3n) is 4.78. The van der Waals surface area contributed by atoms with Crippen molar-refractivity contribution in [1.29, 1.82) is 0 Å². The quantitative estimate of drug-likeness (QED) is 0.285. The summed E-state index contributed by atoms with van der Waals surface area (Å²) in [6.07, 6.45) is 0. The number of hydrogen-bond acceptors (Lipinski definition) is 9. The number of hydrogen-bond donors (Lipinski definition) is 1. The highest BCUT2D eigenvalue weighted by molar-refractivity contribution is 7.99. The molecule has 2 heterocycles. The molecule has 0 saturated carbocycles. The van der Waals surface area contributed by atoms with Crippen molar-refractivity contribution < 1.29 is 14.3 Å². The number of carbonyl (C=O) groups is 2. The molecule has 4 rings (SSSR count). The maximum Gasteiger partial charge on any atom is 0.337 e. The molecule has 0 atom stereocenters. The van der Waals surface area contributed by atoms with Gasteiger partial charge in [-0.2, -0.15) is 4.80 Å². The van der Waals surface area contributed by atoms with Crippen LogP contribution in [0.3, 0.4) is 0 Å². The van der Waals surface area contributed by atoms with Crippen LogP contribution in [-0.2, 0) is 22.6 Å². The third kappa shape index (κ3) is 5.46. The predicted molar refractivity (Wildman–Crippen MR) is 125 cm³/mol. The molecule has 0 unspecified atom stereocenters. The molecule has 0 fully saturated rings. The van der Waals surface area contributed by atoms with E-state index in [1.807, 2.05) is 41.8 Å². The van der Waals surface area contributed by atoms with Gasteiger partial charge in [-0.05, 0) is 30.3 Å². The number of benzene rings is 2. The highest BCUT2D eigenvalue weighted by Gasteiger charge is 2.16. The van der Waals surface area contributed by atoms with E-state index in [2.05, 4.69) is 30.9 Å². The van der Waals surface area contributed by atoms with Gasteiger partial charge in [0.2, 0.25) is 11.7 Å². The van der Waals surface area contributed by atoms with E-state index in [0.29, 0.717) is 41.1 Å². The van der Waals surface area contributed by atoms with Gasteiger partial charge in [-0.25, -0.2) is 4.79 Å². The summed E-state index contributed by atoms with van der Waals surface area (Å²) in [4.78, 5) is 25.6. The first-order valence-electron chi connectivity index (χ1n) is 10.4. The van der Waals surface area contributed by atoms with Gasteiger partial charge in [-0.3, -0.25) is 4.79 Å². The summed E-state index contributed by atoms with van der Waals surface area (Å²) in [7, 11) is 1.31. The van der Waals surface area contributed by atoms with Crippen LogP contribution < -0.4 is 5.32 Å². The Morgan fingerprint density at radius 1 is 1.06 bits per heavy atom. The van der Waals surface area contributed by atoms with Gasteiger partial charge in [0.25, 0.3) is 0 Å². The van der Waals surface area contributed by atoms with Crippen LogP contribution >= 0.6 is 11.8 Å². The van der Waals surface area contributed by atoms with E-state index in [1.54, 1.807) is 24.3 Å². The van der Waals surface area contributed by atoms with E-state index < -0.39 is 5.97 Å². The Labute approximate surface area is 199 Å². The van der Waals surface area contributed by atoms with Crippen LogP contribution in [-0.4, -0.2) is 59.7 Å². The molecular weight excluding hydrogens is 456 g/mol. The molecule has 34 heavy (non-hydrogen) atoms. The molecule has 2 aromatic heterocycles. The zero-order chi connectivity index (χ0) is 23.9. The summed E-state index contributed by atoms with van der Waals surface area (Å²) in [5.41, 5.74) is 1.75. The molecule has 0 aliphatic carbocycles. The highest BCUT2D eigenvalue weighted by atomic mass is 32.2. The van der Waals surface area contributed by atoms with Gasteiger partial charge in [0.1, 0.15) is 6.54 Å². The summed E-state index contributed by atoms with van der Waals surface area (Å²) in [5.74, 6) is 0.621. The van der Waals surface area contributed by atoms with Gasteiger partial charge in [-0.15, -0.1) is 20.4 Å². The van der Waals surface area contributed by atoms with Crippen molar-refractivity contribution in [3.8, 4) is 11.4 Å². The van der Waals surface area contributed by atoms with Crippen LogP contribution in [0, 0.1) is 0 Å². The number of thioether (sulfide) groups is 1. The molecule has 4 aromatic rings. The van der Waals surface area contributed by atoms with E-state index in [1.165, 1.54) is 23.7 Å². The second-order valence-corrected chi connectivity index (χ2v) is 8.00. The van der Waals surface area contributed by atoms with Crippen molar-refractivity contribution in [3.05, 3.63) is 66.0 Å². The minimum atomic E-state index is -0.466. The van der Waals surface area contributed by atoms with Crippen molar-refractivity contribution in [2.75, 3.05) is 18.2 Å².